The molecule has 1 rings (SSSR count). The molecule has 17 heavy (non-hydrogen) atoms. The van der Waals surface area contributed by atoms with Crippen LogP contribution in [0.5, 0.6) is 11.5 Å². The van der Waals surface area contributed by atoms with Crippen LogP contribution in [-0.4, -0.2) is 18.3 Å². The number of hydrogen-bond acceptors (Lipinski definition) is 4. The lowest BCUT2D eigenvalue weighted by Crippen LogP contribution is -2.01. The van der Waals surface area contributed by atoms with Crippen molar-refractivity contribution in [2.75, 3.05) is 13.2 Å². The van der Waals surface area contributed by atoms with E-state index in [-0.39, 0.29) is 6.61 Å². The van der Waals surface area contributed by atoms with E-state index in [1.807, 2.05) is 5.38 Å². The number of aliphatic hydroxyl groups excluding tert-OH is 1. The zero-order valence-corrected chi connectivity index (χ0v) is 11.5. The fraction of sp³-hybridized carbons (Fsp3) is 0.692. The van der Waals surface area contributed by atoms with Crippen LogP contribution in [0.1, 0.15) is 44.4 Å². The summed E-state index contributed by atoms with van der Waals surface area (Å²) >= 11 is 1.49. The summed E-state index contributed by atoms with van der Waals surface area (Å²) in [6.07, 6.45) is 4.28. The van der Waals surface area contributed by atoms with E-state index >= 15 is 0 Å². The van der Waals surface area contributed by atoms with Gasteiger partial charge in [-0.3, -0.25) is 0 Å². The van der Waals surface area contributed by atoms with Crippen molar-refractivity contribution in [1.29, 1.82) is 0 Å². The Balaban J connectivity index is 2.58. The van der Waals surface area contributed by atoms with Gasteiger partial charge in [-0.2, -0.15) is 0 Å². The van der Waals surface area contributed by atoms with Crippen LogP contribution in [0.2, 0.25) is 0 Å². The fourth-order valence-electron chi connectivity index (χ4n) is 1.37. The summed E-state index contributed by atoms with van der Waals surface area (Å²) < 4.78 is 11.4. The van der Waals surface area contributed by atoms with Crippen molar-refractivity contribution in [3.63, 3.8) is 0 Å². The van der Waals surface area contributed by atoms with E-state index < -0.39 is 0 Å². The number of unbranched alkanes of at least 4 members (excludes halogenated alkanes) is 2. The number of thiophene rings is 1. The molecule has 0 fully saturated rings. The first kappa shape index (κ1) is 14.3. The van der Waals surface area contributed by atoms with E-state index in [2.05, 4.69) is 13.8 Å². The van der Waals surface area contributed by atoms with Gasteiger partial charge in [-0.15, -0.1) is 11.3 Å². The molecule has 0 atom stereocenters. The molecule has 1 N–H and O–H groups in total. The Morgan fingerprint density at radius 3 is 2.35 bits per heavy atom. The highest BCUT2D eigenvalue weighted by Gasteiger charge is 2.13. The summed E-state index contributed by atoms with van der Waals surface area (Å²) in [6, 6.07) is 0. The second-order valence-electron chi connectivity index (χ2n) is 3.91. The average Bonchev–Trinajstić information content (AvgIpc) is 2.73. The summed E-state index contributed by atoms with van der Waals surface area (Å²) in [5.74, 6) is 1.52. The van der Waals surface area contributed by atoms with Gasteiger partial charge in [0.2, 0.25) is 0 Å². The molecule has 4 heteroatoms. The van der Waals surface area contributed by atoms with Crippen molar-refractivity contribution in [3.8, 4) is 11.5 Å². The maximum atomic E-state index is 9.23. The topological polar surface area (TPSA) is 38.7 Å². The first-order chi connectivity index (χ1) is 8.33. The Kier molecular flexibility index (Phi) is 7.05. The lowest BCUT2D eigenvalue weighted by molar-refractivity contribution is 0.246. The van der Waals surface area contributed by atoms with Crippen LogP contribution in [0.25, 0.3) is 0 Å². The molecule has 0 aromatic carbocycles. The van der Waals surface area contributed by atoms with Crippen LogP contribution in [0.15, 0.2) is 5.38 Å². The van der Waals surface area contributed by atoms with E-state index in [4.69, 9.17) is 9.47 Å². The average molecular weight is 258 g/mol. The van der Waals surface area contributed by atoms with E-state index in [0.717, 1.165) is 42.1 Å². The molecule has 0 spiro atoms. The first-order valence-corrected chi connectivity index (χ1v) is 7.18. The maximum absolute atomic E-state index is 9.23. The van der Waals surface area contributed by atoms with E-state index in [1.165, 1.54) is 11.3 Å². The van der Waals surface area contributed by atoms with Gasteiger partial charge in [0.25, 0.3) is 0 Å². The zero-order chi connectivity index (χ0) is 12.5. The Labute approximate surface area is 107 Å². The molecule has 0 aliphatic heterocycles. The van der Waals surface area contributed by atoms with Gasteiger partial charge in [0, 0.05) is 5.38 Å². The lowest BCUT2D eigenvalue weighted by atomic mass is 10.3. The molecule has 98 valence electrons. The van der Waals surface area contributed by atoms with Crippen molar-refractivity contribution in [3.05, 3.63) is 10.3 Å². The predicted octanol–water partition coefficient (Wildman–Crippen LogP) is 3.60. The van der Waals surface area contributed by atoms with Crippen molar-refractivity contribution >= 4 is 11.3 Å². The van der Waals surface area contributed by atoms with Crippen LogP contribution in [-0.2, 0) is 6.61 Å². The summed E-state index contributed by atoms with van der Waals surface area (Å²) in [7, 11) is 0. The van der Waals surface area contributed by atoms with Gasteiger partial charge in [0.15, 0.2) is 11.5 Å². The molecule has 0 unspecified atom stereocenters. The van der Waals surface area contributed by atoms with Gasteiger partial charge in [-0.25, -0.2) is 0 Å². The predicted molar refractivity (Wildman–Crippen MR) is 71.0 cm³/mol. The quantitative estimate of drug-likeness (QED) is 0.688. The van der Waals surface area contributed by atoms with Crippen molar-refractivity contribution in [2.24, 2.45) is 0 Å². The number of hydrogen-bond donors (Lipinski definition) is 1. The lowest BCUT2D eigenvalue weighted by Gasteiger charge is -2.10. The molecular formula is C13H22O3S. The van der Waals surface area contributed by atoms with Gasteiger partial charge in [-0.1, -0.05) is 26.7 Å². The van der Waals surface area contributed by atoms with Crippen LogP contribution in [0.4, 0.5) is 0 Å². The molecule has 0 radical (unpaired) electrons. The summed E-state index contributed by atoms with van der Waals surface area (Å²) in [5, 5.41) is 11.2. The van der Waals surface area contributed by atoms with Crippen molar-refractivity contribution in [1.82, 2.24) is 0 Å². The smallest absolute Gasteiger partial charge is 0.177 e. The third-order valence-electron chi connectivity index (χ3n) is 2.43. The highest BCUT2D eigenvalue weighted by atomic mass is 32.1. The molecule has 0 aliphatic rings. The van der Waals surface area contributed by atoms with Crippen LogP contribution in [0.3, 0.4) is 0 Å². The monoisotopic (exact) mass is 258 g/mol. The third-order valence-corrected chi connectivity index (χ3v) is 3.36. The van der Waals surface area contributed by atoms with Crippen molar-refractivity contribution < 1.29 is 14.6 Å². The van der Waals surface area contributed by atoms with Crippen molar-refractivity contribution in [2.45, 2.75) is 46.1 Å². The highest BCUT2D eigenvalue weighted by molar-refractivity contribution is 7.10. The van der Waals surface area contributed by atoms with Gasteiger partial charge >= 0.3 is 0 Å². The maximum Gasteiger partial charge on any atom is 0.177 e. The minimum absolute atomic E-state index is 0.0171. The summed E-state index contributed by atoms with van der Waals surface area (Å²) in [6.45, 7) is 5.67. The molecule has 0 bridgehead atoms. The second-order valence-corrected chi connectivity index (χ2v) is 4.88. The van der Waals surface area contributed by atoms with Gasteiger partial charge in [0.1, 0.15) is 0 Å². The standard InChI is InChI=1S/C13H22O3S/c1-3-5-7-15-11-10-17-12(9-14)13(11)16-8-6-4-2/h10,14H,3-9H2,1-2H3. The molecular weight excluding hydrogens is 236 g/mol. The molecule has 3 nitrogen and oxygen atoms in total. The SMILES string of the molecule is CCCCOc1csc(CO)c1OCCCC. The summed E-state index contributed by atoms with van der Waals surface area (Å²) in [5.41, 5.74) is 0. The number of rotatable bonds is 9. The Bertz CT molecular complexity index is 310. The van der Waals surface area contributed by atoms with E-state index in [1.54, 1.807) is 0 Å². The van der Waals surface area contributed by atoms with Gasteiger partial charge in [-0.05, 0) is 12.8 Å². The van der Waals surface area contributed by atoms with Crippen LogP contribution >= 0.6 is 11.3 Å². The number of aliphatic hydroxyl groups is 1. The molecule has 1 aromatic rings. The molecule has 1 heterocycles. The Hall–Kier alpha value is -0.740. The zero-order valence-electron chi connectivity index (χ0n) is 10.7. The van der Waals surface area contributed by atoms with Gasteiger partial charge < -0.3 is 14.6 Å². The van der Waals surface area contributed by atoms with E-state index in [0.29, 0.717) is 13.2 Å². The normalized spacial score (nSPS) is 10.5. The van der Waals surface area contributed by atoms with Gasteiger partial charge in [0.05, 0.1) is 24.7 Å². The summed E-state index contributed by atoms with van der Waals surface area (Å²) in [4.78, 5) is 0.854. The van der Waals surface area contributed by atoms with Crippen LogP contribution in [0, 0.1) is 0 Å². The highest BCUT2D eigenvalue weighted by Crippen LogP contribution is 2.37. The largest absolute Gasteiger partial charge is 0.489 e. The second kappa shape index (κ2) is 8.37. The van der Waals surface area contributed by atoms with E-state index in [9.17, 15) is 5.11 Å². The molecule has 1 aromatic heterocycles. The third kappa shape index (κ3) is 4.56. The Morgan fingerprint density at radius 1 is 1.12 bits per heavy atom. The number of ether oxygens (including phenoxy) is 2. The molecule has 0 aliphatic carbocycles. The Morgan fingerprint density at radius 2 is 1.76 bits per heavy atom. The molecule has 0 amide bonds. The molecule has 0 saturated heterocycles. The first-order valence-electron chi connectivity index (χ1n) is 6.30. The molecule has 0 saturated carbocycles. The van der Waals surface area contributed by atoms with Crippen LogP contribution < -0.4 is 9.47 Å². The minimum Gasteiger partial charge on any atom is -0.489 e. The fourth-order valence-corrected chi connectivity index (χ4v) is 2.14. The minimum atomic E-state index is 0.0171.